The van der Waals surface area contributed by atoms with Crippen LogP contribution in [0, 0.1) is 0 Å². The Kier molecular flexibility index (Phi) is 22.3. The van der Waals surface area contributed by atoms with Crippen LogP contribution in [-0.4, -0.2) is 73.5 Å². The zero-order valence-corrected chi connectivity index (χ0v) is 37.3. The van der Waals surface area contributed by atoms with E-state index in [1.165, 1.54) is 0 Å². The molecule has 10 heteroatoms. The topological polar surface area (TPSA) is 83.5 Å². The van der Waals surface area contributed by atoms with Gasteiger partial charge in [0.1, 0.15) is 5.78 Å². The van der Waals surface area contributed by atoms with Crippen LogP contribution in [0.2, 0.25) is 55.9 Å². The van der Waals surface area contributed by atoms with Crippen molar-refractivity contribution in [2.75, 3.05) is 13.2 Å². The van der Waals surface area contributed by atoms with Crippen LogP contribution < -0.4 is 0 Å². The quantitative estimate of drug-likeness (QED) is 0.0625. The van der Waals surface area contributed by atoms with Crippen LogP contribution in [-0.2, 0) is 40.8 Å². The summed E-state index contributed by atoms with van der Waals surface area (Å²) < 4.78 is 32.8. The smallest absolute Gasteiger partial charge is 0.192 e. The van der Waals surface area contributed by atoms with Gasteiger partial charge >= 0.3 is 0 Å². The summed E-state index contributed by atoms with van der Waals surface area (Å²) in [7, 11) is -5.85. The molecular weight excluding hydrogens is 701 g/mol. The lowest BCUT2D eigenvalue weighted by Crippen LogP contribution is -2.43. The molecule has 0 fully saturated rings. The number of carbonyl (C=O) groups is 1. The van der Waals surface area contributed by atoms with Gasteiger partial charge < -0.3 is 27.9 Å². The van der Waals surface area contributed by atoms with Gasteiger partial charge in [0.15, 0.2) is 25.0 Å². The van der Waals surface area contributed by atoms with Gasteiger partial charge in [-0.15, -0.1) is 0 Å². The van der Waals surface area contributed by atoms with Gasteiger partial charge in [-0.05, 0) is 92.7 Å². The van der Waals surface area contributed by atoms with Gasteiger partial charge in [-0.1, -0.05) is 102 Å². The Hall–Kier alpha value is -1.48. The van der Waals surface area contributed by atoms with Gasteiger partial charge in [-0.2, -0.15) is 0 Å². The second kappa shape index (κ2) is 24.8. The molecule has 52 heavy (non-hydrogen) atoms. The van der Waals surface area contributed by atoms with Crippen molar-refractivity contribution in [3.05, 3.63) is 71.8 Å². The number of hydrogen-bond acceptors (Lipinski definition) is 7. The average Bonchev–Trinajstić information content (AvgIpc) is 3.13. The number of rotatable bonds is 30. The highest BCUT2D eigenvalue weighted by atomic mass is 28.4. The molecule has 0 aliphatic rings. The summed E-state index contributed by atoms with van der Waals surface area (Å²) in [5.41, 5.74) is 2.29. The van der Waals surface area contributed by atoms with Gasteiger partial charge in [0.05, 0.1) is 25.4 Å². The molecule has 0 radical (unpaired) electrons. The monoisotopic (exact) mass is 774 g/mol. The number of ether oxygens (including phenoxy) is 2. The van der Waals surface area contributed by atoms with E-state index < -0.39 is 31.1 Å². The molecule has 4 atom stereocenters. The van der Waals surface area contributed by atoms with Crippen molar-refractivity contribution >= 4 is 30.7 Å². The van der Waals surface area contributed by atoms with Crippen LogP contribution in [0.5, 0.6) is 0 Å². The van der Waals surface area contributed by atoms with E-state index >= 15 is 0 Å². The van der Waals surface area contributed by atoms with E-state index in [2.05, 4.69) is 85.4 Å². The third kappa shape index (κ3) is 18.2. The number of ketones is 1. The number of hydrogen-bond donors (Lipinski definition) is 1. The van der Waals surface area contributed by atoms with E-state index in [1.54, 1.807) is 0 Å². The fourth-order valence-corrected chi connectivity index (χ4v) is 14.1. The highest BCUT2D eigenvalue weighted by molar-refractivity contribution is 6.74. The van der Waals surface area contributed by atoms with Crippen LogP contribution in [0.4, 0.5) is 0 Å². The van der Waals surface area contributed by atoms with Gasteiger partial charge in [0.25, 0.3) is 0 Å². The van der Waals surface area contributed by atoms with Crippen LogP contribution >= 0.6 is 0 Å². The van der Waals surface area contributed by atoms with Gasteiger partial charge in [-0.3, -0.25) is 4.79 Å². The summed E-state index contributed by atoms with van der Waals surface area (Å²) in [5, 5.41) is 11.4. The maximum Gasteiger partial charge on any atom is 0.192 e. The minimum Gasteiger partial charge on any atom is -0.414 e. The van der Waals surface area contributed by atoms with Crippen molar-refractivity contribution in [2.45, 2.75) is 174 Å². The number of aliphatic hydroxyl groups is 1. The zero-order valence-electron chi connectivity index (χ0n) is 34.3. The first-order valence-corrected chi connectivity index (χ1v) is 28.8. The highest BCUT2D eigenvalue weighted by Gasteiger charge is 2.35. The van der Waals surface area contributed by atoms with E-state index in [4.69, 9.17) is 22.8 Å². The molecule has 0 aliphatic heterocycles. The standard InChI is InChI=1S/C42H74O7Si3/c1-10-51(11-2,12-3)48-40(26-28-45-34-36-22-18-16-19-23-36)31-38(43)30-39(44)32-42(47-50(7,8)9)33-41(49-52(13-4,14-5)15-6)27-29-46-35-37-24-20-17-21-25-37/h16-25,38,40-43H,10-15,26-35H2,1-9H3/t38?,40-,41-,42?/m0/s1. The fraction of sp³-hybridized carbons (Fsp3) is 0.690. The number of aliphatic hydroxyl groups excluding tert-OH is 1. The van der Waals surface area contributed by atoms with Crippen molar-refractivity contribution in [1.82, 2.24) is 0 Å². The maximum absolute atomic E-state index is 13.7. The number of benzene rings is 2. The first-order valence-electron chi connectivity index (χ1n) is 20.3. The molecule has 2 aromatic carbocycles. The first kappa shape index (κ1) is 46.7. The molecule has 0 saturated carbocycles. The lowest BCUT2D eigenvalue weighted by Gasteiger charge is -2.36. The lowest BCUT2D eigenvalue weighted by molar-refractivity contribution is -0.123. The Bertz CT molecular complexity index is 1190. The average molecular weight is 775 g/mol. The largest absolute Gasteiger partial charge is 0.414 e. The molecule has 7 nitrogen and oxygen atoms in total. The maximum atomic E-state index is 13.7. The van der Waals surface area contributed by atoms with E-state index in [9.17, 15) is 9.90 Å². The Morgan fingerprint density at radius 1 is 0.577 bits per heavy atom. The molecule has 0 spiro atoms. The van der Waals surface area contributed by atoms with E-state index in [-0.39, 0.29) is 36.9 Å². The van der Waals surface area contributed by atoms with Crippen molar-refractivity contribution in [3.63, 3.8) is 0 Å². The Labute approximate surface area is 320 Å². The van der Waals surface area contributed by atoms with Gasteiger partial charge in [0, 0.05) is 38.3 Å². The summed E-state index contributed by atoms with van der Waals surface area (Å²) in [6.07, 6.45) is 1.65. The number of Topliss-reactive ketones (excluding diaryl/α,β-unsaturated/α-hetero) is 1. The molecule has 0 bridgehead atoms. The van der Waals surface area contributed by atoms with Crippen molar-refractivity contribution in [2.24, 2.45) is 0 Å². The highest BCUT2D eigenvalue weighted by Crippen LogP contribution is 2.29. The Balaban J connectivity index is 2.11. The van der Waals surface area contributed by atoms with Crippen molar-refractivity contribution in [3.8, 4) is 0 Å². The van der Waals surface area contributed by atoms with Crippen LogP contribution in [0.15, 0.2) is 60.7 Å². The van der Waals surface area contributed by atoms with Crippen LogP contribution in [0.1, 0.15) is 91.2 Å². The lowest BCUT2D eigenvalue weighted by atomic mass is 9.99. The second-order valence-corrected chi connectivity index (χ2v) is 29.5. The third-order valence-electron chi connectivity index (χ3n) is 10.6. The SMILES string of the molecule is CC[Si](CC)(CC)O[C@@H](CCOCc1ccccc1)CC(O)CC(=O)CC(C[C@H](CCOCc1ccccc1)O[Si](CC)(CC)CC)O[Si](C)(C)C. The Morgan fingerprint density at radius 2 is 0.981 bits per heavy atom. The van der Waals surface area contributed by atoms with Crippen LogP contribution in [0.3, 0.4) is 0 Å². The molecule has 0 aromatic heterocycles. The molecule has 0 amide bonds. The minimum absolute atomic E-state index is 0.0314. The predicted molar refractivity (Wildman–Crippen MR) is 223 cm³/mol. The molecule has 0 saturated heterocycles. The molecule has 0 aliphatic carbocycles. The van der Waals surface area contributed by atoms with Crippen molar-refractivity contribution in [1.29, 1.82) is 0 Å². The molecular formula is C42H74O7Si3. The minimum atomic E-state index is -1.99. The molecule has 1 N–H and O–H groups in total. The third-order valence-corrected chi connectivity index (χ3v) is 21.0. The summed E-state index contributed by atoms with van der Waals surface area (Å²) in [5.74, 6) is 0.0314. The summed E-state index contributed by atoms with van der Waals surface area (Å²) >= 11 is 0. The fourth-order valence-electron chi connectivity index (χ4n) is 7.07. The predicted octanol–water partition coefficient (Wildman–Crippen LogP) is 10.7. The van der Waals surface area contributed by atoms with Crippen LogP contribution in [0.25, 0.3) is 0 Å². The first-order chi connectivity index (χ1) is 24.8. The van der Waals surface area contributed by atoms with Crippen molar-refractivity contribution < 1.29 is 32.7 Å². The second-order valence-electron chi connectivity index (χ2n) is 15.5. The molecule has 2 aromatic rings. The molecule has 296 valence electrons. The molecule has 0 heterocycles. The summed E-state index contributed by atoms with van der Waals surface area (Å²) in [6, 6.07) is 26.7. The number of carbonyl (C=O) groups excluding carboxylic acids is 1. The summed E-state index contributed by atoms with van der Waals surface area (Å²) in [4.78, 5) is 13.7. The summed E-state index contributed by atoms with van der Waals surface area (Å²) in [6.45, 7) is 22.2. The van der Waals surface area contributed by atoms with E-state index in [0.717, 1.165) is 53.8 Å². The molecule has 2 rings (SSSR count). The zero-order chi connectivity index (χ0) is 38.5. The Morgan fingerprint density at radius 3 is 1.37 bits per heavy atom. The van der Waals surface area contributed by atoms with E-state index in [0.29, 0.717) is 45.7 Å². The van der Waals surface area contributed by atoms with Gasteiger partial charge in [0.2, 0.25) is 0 Å². The molecule has 2 unspecified atom stereocenters. The normalized spacial score (nSPS) is 15.0. The van der Waals surface area contributed by atoms with Gasteiger partial charge in [-0.25, -0.2) is 0 Å². The van der Waals surface area contributed by atoms with E-state index in [1.807, 2.05) is 36.4 Å².